The van der Waals surface area contributed by atoms with Gasteiger partial charge in [-0.2, -0.15) is 0 Å². The maximum absolute atomic E-state index is 12.1. The molecular formula is C17H24N2O2. The monoisotopic (exact) mass is 288 g/mol. The highest BCUT2D eigenvalue weighted by molar-refractivity contribution is 5.96. The van der Waals surface area contributed by atoms with E-state index in [2.05, 4.69) is 37.9 Å². The minimum atomic E-state index is -0.154. The summed E-state index contributed by atoms with van der Waals surface area (Å²) in [7, 11) is 0. The second kappa shape index (κ2) is 6.76. The molecule has 0 radical (unpaired) electrons. The molecule has 4 heteroatoms. The Labute approximate surface area is 126 Å². The lowest BCUT2D eigenvalue weighted by Crippen LogP contribution is -2.42. The van der Waals surface area contributed by atoms with Crippen molar-refractivity contribution in [2.45, 2.75) is 39.8 Å². The van der Waals surface area contributed by atoms with Gasteiger partial charge in [0.25, 0.3) is 5.91 Å². The van der Waals surface area contributed by atoms with Crippen LogP contribution in [0.2, 0.25) is 0 Å². The molecule has 0 unspecified atom stereocenters. The summed E-state index contributed by atoms with van der Waals surface area (Å²) in [5.74, 6) is 0.218. The molecule has 0 fully saturated rings. The Morgan fingerprint density at radius 1 is 1.19 bits per heavy atom. The van der Waals surface area contributed by atoms with E-state index in [0.29, 0.717) is 24.4 Å². The molecule has 0 aliphatic carbocycles. The Kier molecular flexibility index (Phi) is 5.02. The number of nitrogens with one attached hydrogen (secondary N) is 1. The van der Waals surface area contributed by atoms with Crippen LogP contribution < -0.4 is 5.32 Å². The number of nitrogens with zero attached hydrogens (tertiary/aromatic N) is 1. The van der Waals surface area contributed by atoms with Gasteiger partial charge in [0.05, 0.1) is 0 Å². The Hall–Kier alpha value is -1.81. The summed E-state index contributed by atoms with van der Waals surface area (Å²) in [5.41, 5.74) is 0.744. The maximum atomic E-state index is 12.1. The summed E-state index contributed by atoms with van der Waals surface area (Å²) in [4.78, 5) is 14.5. The number of hydrogen-bond acceptors (Lipinski definition) is 3. The van der Waals surface area contributed by atoms with Gasteiger partial charge in [-0.1, -0.05) is 18.2 Å². The van der Waals surface area contributed by atoms with E-state index < -0.39 is 0 Å². The van der Waals surface area contributed by atoms with E-state index in [0.717, 1.165) is 17.5 Å². The molecule has 0 atom stereocenters. The third-order valence-electron chi connectivity index (χ3n) is 3.63. The topological polar surface area (TPSA) is 45.5 Å². The molecule has 0 bridgehead atoms. The van der Waals surface area contributed by atoms with Crippen LogP contribution in [0.3, 0.4) is 0 Å². The molecule has 0 saturated heterocycles. The molecule has 4 nitrogen and oxygen atoms in total. The van der Waals surface area contributed by atoms with Crippen molar-refractivity contribution in [3.05, 3.63) is 36.1 Å². The summed E-state index contributed by atoms with van der Waals surface area (Å²) < 4.78 is 5.56. The highest BCUT2D eigenvalue weighted by Crippen LogP contribution is 2.18. The molecule has 2 aromatic rings. The molecule has 114 valence electrons. The second-order valence-electron chi connectivity index (χ2n) is 5.83. The molecule has 2 rings (SSSR count). The largest absolute Gasteiger partial charge is 0.451 e. The number of para-hydroxylation sites is 1. The van der Waals surface area contributed by atoms with Crippen molar-refractivity contribution in [3.8, 4) is 0 Å². The van der Waals surface area contributed by atoms with Gasteiger partial charge in [-0.15, -0.1) is 0 Å². The number of benzene rings is 1. The molecule has 1 amide bonds. The predicted molar refractivity (Wildman–Crippen MR) is 85.5 cm³/mol. The lowest BCUT2D eigenvalue weighted by atomic mass is 10.2. The third-order valence-corrected chi connectivity index (χ3v) is 3.63. The first-order valence-corrected chi connectivity index (χ1v) is 7.51. The molecule has 21 heavy (non-hydrogen) atoms. The first kappa shape index (κ1) is 15.6. The molecule has 0 spiro atoms. The Balaban J connectivity index is 1.92. The minimum Gasteiger partial charge on any atom is -0.451 e. The molecule has 0 saturated carbocycles. The zero-order valence-corrected chi connectivity index (χ0v) is 13.2. The van der Waals surface area contributed by atoms with Crippen LogP contribution in [-0.2, 0) is 0 Å². The van der Waals surface area contributed by atoms with Crippen molar-refractivity contribution in [1.82, 2.24) is 10.2 Å². The van der Waals surface area contributed by atoms with E-state index in [1.165, 1.54) is 0 Å². The zero-order chi connectivity index (χ0) is 15.4. The van der Waals surface area contributed by atoms with Crippen LogP contribution in [0, 0.1) is 0 Å². The number of fused-ring (bicyclic) bond motifs is 1. The smallest absolute Gasteiger partial charge is 0.287 e. The summed E-state index contributed by atoms with van der Waals surface area (Å²) in [6, 6.07) is 10.4. The van der Waals surface area contributed by atoms with E-state index in [-0.39, 0.29) is 5.91 Å². The van der Waals surface area contributed by atoms with Crippen molar-refractivity contribution >= 4 is 16.9 Å². The summed E-state index contributed by atoms with van der Waals surface area (Å²) in [6.45, 7) is 10.1. The SMILES string of the molecule is CC(C)N(CCNC(=O)c1cc2ccccc2o1)C(C)C. The first-order valence-electron chi connectivity index (χ1n) is 7.51. The number of hydrogen-bond donors (Lipinski definition) is 1. The molecule has 1 aromatic carbocycles. The van der Waals surface area contributed by atoms with E-state index >= 15 is 0 Å². The number of rotatable bonds is 6. The summed E-state index contributed by atoms with van der Waals surface area (Å²) in [6.07, 6.45) is 0. The fourth-order valence-electron chi connectivity index (χ4n) is 2.59. The number of amides is 1. The first-order chi connectivity index (χ1) is 9.99. The van der Waals surface area contributed by atoms with Gasteiger partial charge in [0.1, 0.15) is 5.58 Å². The van der Waals surface area contributed by atoms with Crippen LogP contribution in [0.1, 0.15) is 38.2 Å². The van der Waals surface area contributed by atoms with Crippen LogP contribution in [0.25, 0.3) is 11.0 Å². The lowest BCUT2D eigenvalue weighted by Gasteiger charge is -2.30. The zero-order valence-electron chi connectivity index (χ0n) is 13.2. The lowest BCUT2D eigenvalue weighted by molar-refractivity contribution is 0.0914. The molecular weight excluding hydrogens is 264 g/mol. The molecule has 0 aliphatic rings. The fourth-order valence-corrected chi connectivity index (χ4v) is 2.59. The second-order valence-corrected chi connectivity index (χ2v) is 5.83. The fraction of sp³-hybridized carbons (Fsp3) is 0.471. The van der Waals surface area contributed by atoms with E-state index in [9.17, 15) is 4.79 Å². The van der Waals surface area contributed by atoms with Crippen molar-refractivity contribution in [1.29, 1.82) is 0 Å². The van der Waals surface area contributed by atoms with Crippen LogP contribution >= 0.6 is 0 Å². The summed E-state index contributed by atoms with van der Waals surface area (Å²) >= 11 is 0. The van der Waals surface area contributed by atoms with Gasteiger partial charge in [-0.3, -0.25) is 9.69 Å². The molecule has 0 aliphatic heterocycles. The molecule has 1 N–H and O–H groups in total. The van der Waals surface area contributed by atoms with Crippen LogP contribution in [-0.4, -0.2) is 36.0 Å². The van der Waals surface area contributed by atoms with Gasteiger partial charge < -0.3 is 9.73 Å². The van der Waals surface area contributed by atoms with Crippen LogP contribution in [0.4, 0.5) is 0 Å². The van der Waals surface area contributed by atoms with E-state index in [4.69, 9.17) is 4.42 Å². The highest BCUT2D eigenvalue weighted by atomic mass is 16.3. The Morgan fingerprint density at radius 3 is 2.48 bits per heavy atom. The van der Waals surface area contributed by atoms with Crippen molar-refractivity contribution in [2.75, 3.05) is 13.1 Å². The molecule has 1 heterocycles. The average molecular weight is 288 g/mol. The van der Waals surface area contributed by atoms with Gasteiger partial charge in [0.15, 0.2) is 5.76 Å². The van der Waals surface area contributed by atoms with E-state index in [1.807, 2.05) is 24.3 Å². The number of carbonyl (C=O) groups is 1. The van der Waals surface area contributed by atoms with Gasteiger partial charge in [-0.05, 0) is 39.8 Å². The molecule has 1 aromatic heterocycles. The maximum Gasteiger partial charge on any atom is 0.287 e. The van der Waals surface area contributed by atoms with Crippen molar-refractivity contribution in [2.24, 2.45) is 0 Å². The minimum absolute atomic E-state index is 0.154. The normalized spacial score (nSPS) is 11.8. The van der Waals surface area contributed by atoms with Crippen LogP contribution in [0.5, 0.6) is 0 Å². The van der Waals surface area contributed by atoms with Gasteiger partial charge in [-0.25, -0.2) is 0 Å². The third kappa shape index (κ3) is 3.85. The van der Waals surface area contributed by atoms with Gasteiger partial charge in [0.2, 0.25) is 0 Å². The predicted octanol–water partition coefficient (Wildman–Crippen LogP) is 3.28. The number of furan rings is 1. The summed E-state index contributed by atoms with van der Waals surface area (Å²) in [5, 5.41) is 3.88. The highest BCUT2D eigenvalue weighted by Gasteiger charge is 2.15. The van der Waals surface area contributed by atoms with Crippen molar-refractivity contribution < 1.29 is 9.21 Å². The standard InChI is InChI=1S/C17H24N2O2/c1-12(2)19(13(3)4)10-9-18-17(20)16-11-14-7-5-6-8-15(14)21-16/h5-8,11-13H,9-10H2,1-4H3,(H,18,20). The average Bonchev–Trinajstić information content (AvgIpc) is 2.86. The van der Waals surface area contributed by atoms with Gasteiger partial charge >= 0.3 is 0 Å². The quantitative estimate of drug-likeness (QED) is 0.887. The van der Waals surface area contributed by atoms with E-state index in [1.54, 1.807) is 6.07 Å². The van der Waals surface area contributed by atoms with Crippen LogP contribution in [0.15, 0.2) is 34.7 Å². The Bertz CT molecular complexity index is 561. The number of carbonyl (C=O) groups excluding carboxylic acids is 1. The van der Waals surface area contributed by atoms with Gasteiger partial charge in [0, 0.05) is 30.6 Å². The Morgan fingerprint density at radius 2 is 1.86 bits per heavy atom. The van der Waals surface area contributed by atoms with Crippen molar-refractivity contribution in [3.63, 3.8) is 0 Å².